The van der Waals surface area contributed by atoms with E-state index in [-0.39, 0.29) is 11.4 Å². The van der Waals surface area contributed by atoms with Crippen molar-refractivity contribution < 1.29 is 9.53 Å². The number of esters is 1. The van der Waals surface area contributed by atoms with Crippen LogP contribution >= 0.6 is 0 Å². The van der Waals surface area contributed by atoms with Crippen molar-refractivity contribution >= 4 is 5.97 Å². The summed E-state index contributed by atoms with van der Waals surface area (Å²) in [5.41, 5.74) is 5.84. The molecule has 96 valence electrons. The zero-order chi connectivity index (χ0) is 13.0. The zero-order valence-electron chi connectivity index (χ0n) is 11.6. The van der Waals surface area contributed by atoms with Gasteiger partial charge in [-0.15, -0.1) is 0 Å². The first-order valence-electron chi connectivity index (χ1n) is 5.96. The first-order chi connectivity index (χ1) is 7.04. The number of carbonyl (C=O) groups excluding carboxylic acids is 1. The molecular formula is C13H27NO2. The third-order valence-corrected chi connectivity index (χ3v) is 2.50. The van der Waals surface area contributed by atoms with Crippen molar-refractivity contribution in [2.24, 2.45) is 16.6 Å². The van der Waals surface area contributed by atoms with E-state index in [0.717, 1.165) is 12.8 Å². The molecule has 16 heavy (non-hydrogen) atoms. The number of hydrogen-bond acceptors (Lipinski definition) is 3. The predicted molar refractivity (Wildman–Crippen MR) is 67.1 cm³/mol. The molecule has 0 aromatic heterocycles. The summed E-state index contributed by atoms with van der Waals surface area (Å²) in [6, 6.07) is -0.540. The molecule has 0 aliphatic rings. The van der Waals surface area contributed by atoms with Crippen LogP contribution in [0.3, 0.4) is 0 Å². The summed E-state index contributed by atoms with van der Waals surface area (Å²) in [6.45, 7) is 12.8. The SMILES string of the molecule is CC(C)(C)CCCOC(=O)[C@H](N)C(C)(C)C. The first kappa shape index (κ1) is 15.4. The molecule has 2 N–H and O–H groups in total. The highest BCUT2D eigenvalue weighted by atomic mass is 16.5. The Morgan fingerprint density at radius 1 is 1.19 bits per heavy atom. The van der Waals surface area contributed by atoms with Crippen LogP contribution in [-0.2, 0) is 9.53 Å². The fourth-order valence-electron chi connectivity index (χ4n) is 1.22. The molecular weight excluding hydrogens is 202 g/mol. The Bertz CT molecular complexity index is 223. The first-order valence-corrected chi connectivity index (χ1v) is 5.96. The summed E-state index contributed by atoms with van der Waals surface area (Å²) >= 11 is 0. The van der Waals surface area contributed by atoms with Crippen molar-refractivity contribution in [2.75, 3.05) is 6.61 Å². The van der Waals surface area contributed by atoms with E-state index < -0.39 is 6.04 Å². The largest absolute Gasteiger partial charge is 0.465 e. The fraction of sp³-hybridized carbons (Fsp3) is 0.923. The van der Waals surface area contributed by atoms with Crippen molar-refractivity contribution in [3.05, 3.63) is 0 Å². The van der Waals surface area contributed by atoms with E-state index in [9.17, 15) is 4.79 Å². The van der Waals surface area contributed by atoms with E-state index in [1.165, 1.54) is 0 Å². The molecule has 0 aromatic rings. The minimum absolute atomic E-state index is 0.235. The lowest BCUT2D eigenvalue weighted by atomic mass is 9.87. The van der Waals surface area contributed by atoms with Crippen LogP contribution in [-0.4, -0.2) is 18.6 Å². The van der Waals surface area contributed by atoms with E-state index in [1.807, 2.05) is 20.8 Å². The Morgan fingerprint density at radius 2 is 1.69 bits per heavy atom. The van der Waals surface area contributed by atoms with Crippen LogP contribution in [0.5, 0.6) is 0 Å². The van der Waals surface area contributed by atoms with Gasteiger partial charge in [-0.2, -0.15) is 0 Å². The van der Waals surface area contributed by atoms with Gasteiger partial charge in [0, 0.05) is 0 Å². The van der Waals surface area contributed by atoms with Gasteiger partial charge >= 0.3 is 5.97 Å². The number of rotatable bonds is 4. The van der Waals surface area contributed by atoms with Crippen molar-refractivity contribution in [3.63, 3.8) is 0 Å². The molecule has 0 saturated carbocycles. The van der Waals surface area contributed by atoms with E-state index >= 15 is 0 Å². The van der Waals surface area contributed by atoms with Gasteiger partial charge in [0.05, 0.1) is 6.61 Å². The number of hydrogen-bond donors (Lipinski definition) is 1. The third kappa shape index (κ3) is 6.83. The minimum Gasteiger partial charge on any atom is -0.465 e. The Kier molecular flexibility index (Phi) is 5.47. The number of carbonyl (C=O) groups is 1. The van der Waals surface area contributed by atoms with Gasteiger partial charge in [0.2, 0.25) is 0 Å². The predicted octanol–water partition coefficient (Wildman–Crippen LogP) is 2.73. The lowest BCUT2D eigenvalue weighted by molar-refractivity contribution is -0.148. The van der Waals surface area contributed by atoms with Gasteiger partial charge in [0.15, 0.2) is 0 Å². The molecule has 3 nitrogen and oxygen atoms in total. The Balaban J connectivity index is 3.83. The maximum Gasteiger partial charge on any atom is 0.323 e. The van der Waals surface area contributed by atoms with Crippen molar-refractivity contribution in [2.45, 2.75) is 60.4 Å². The summed E-state index contributed by atoms with van der Waals surface area (Å²) in [6.07, 6.45) is 1.94. The topological polar surface area (TPSA) is 52.3 Å². The highest BCUT2D eigenvalue weighted by Gasteiger charge is 2.28. The molecule has 0 heterocycles. The fourth-order valence-corrected chi connectivity index (χ4v) is 1.22. The van der Waals surface area contributed by atoms with Gasteiger partial charge in [-0.1, -0.05) is 41.5 Å². The van der Waals surface area contributed by atoms with E-state index in [2.05, 4.69) is 20.8 Å². The second-order valence-corrected chi connectivity index (χ2v) is 6.68. The van der Waals surface area contributed by atoms with Gasteiger partial charge in [0.1, 0.15) is 6.04 Å². The van der Waals surface area contributed by atoms with Crippen molar-refractivity contribution in [3.8, 4) is 0 Å². The normalized spacial score (nSPS) is 14.7. The molecule has 0 aliphatic heterocycles. The lowest BCUT2D eigenvalue weighted by Crippen LogP contribution is -2.43. The van der Waals surface area contributed by atoms with Crippen molar-refractivity contribution in [1.82, 2.24) is 0 Å². The van der Waals surface area contributed by atoms with Gasteiger partial charge in [-0.25, -0.2) is 0 Å². The van der Waals surface area contributed by atoms with E-state index in [4.69, 9.17) is 10.5 Å². The van der Waals surface area contributed by atoms with Crippen LogP contribution in [0.25, 0.3) is 0 Å². The number of nitrogens with two attached hydrogens (primary N) is 1. The van der Waals surface area contributed by atoms with Gasteiger partial charge in [-0.3, -0.25) is 4.79 Å². The molecule has 0 spiro atoms. The maximum atomic E-state index is 11.6. The third-order valence-electron chi connectivity index (χ3n) is 2.50. The van der Waals surface area contributed by atoms with Crippen LogP contribution in [0.4, 0.5) is 0 Å². The molecule has 3 heteroatoms. The highest BCUT2D eigenvalue weighted by Crippen LogP contribution is 2.21. The van der Waals surface area contributed by atoms with E-state index in [0.29, 0.717) is 12.0 Å². The molecule has 0 saturated heterocycles. The van der Waals surface area contributed by atoms with E-state index in [1.54, 1.807) is 0 Å². The highest BCUT2D eigenvalue weighted by molar-refractivity contribution is 5.76. The zero-order valence-corrected chi connectivity index (χ0v) is 11.6. The summed E-state index contributed by atoms with van der Waals surface area (Å²) < 4.78 is 5.16. The van der Waals surface area contributed by atoms with Gasteiger partial charge in [0.25, 0.3) is 0 Å². The summed E-state index contributed by atoms with van der Waals surface area (Å²) in [5.74, 6) is -0.290. The molecule has 0 radical (unpaired) electrons. The molecule has 0 bridgehead atoms. The Morgan fingerprint density at radius 3 is 2.06 bits per heavy atom. The average Bonchev–Trinajstić information content (AvgIpc) is 2.07. The van der Waals surface area contributed by atoms with Crippen LogP contribution in [0, 0.1) is 10.8 Å². The van der Waals surface area contributed by atoms with Crippen molar-refractivity contribution in [1.29, 1.82) is 0 Å². The van der Waals surface area contributed by atoms with Crippen LogP contribution in [0.1, 0.15) is 54.4 Å². The molecule has 0 amide bonds. The maximum absolute atomic E-state index is 11.6. The Hall–Kier alpha value is -0.570. The van der Waals surface area contributed by atoms with Crippen LogP contribution in [0.15, 0.2) is 0 Å². The van der Waals surface area contributed by atoms with Gasteiger partial charge in [-0.05, 0) is 23.7 Å². The Labute approximate surface area is 99.7 Å². The molecule has 0 aromatic carbocycles. The van der Waals surface area contributed by atoms with Crippen LogP contribution < -0.4 is 5.73 Å². The molecule has 0 fully saturated rings. The smallest absolute Gasteiger partial charge is 0.323 e. The number of ether oxygens (including phenoxy) is 1. The second kappa shape index (κ2) is 5.67. The monoisotopic (exact) mass is 229 g/mol. The summed E-state index contributed by atoms with van der Waals surface area (Å²) in [4.78, 5) is 11.6. The summed E-state index contributed by atoms with van der Waals surface area (Å²) in [7, 11) is 0. The molecule has 0 aliphatic carbocycles. The molecule has 0 unspecified atom stereocenters. The average molecular weight is 229 g/mol. The second-order valence-electron chi connectivity index (χ2n) is 6.68. The van der Waals surface area contributed by atoms with Crippen LogP contribution in [0.2, 0.25) is 0 Å². The minimum atomic E-state index is -0.540. The summed E-state index contributed by atoms with van der Waals surface area (Å²) in [5, 5.41) is 0. The van der Waals surface area contributed by atoms with Gasteiger partial charge < -0.3 is 10.5 Å². The quantitative estimate of drug-likeness (QED) is 0.595. The molecule has 0 rings (SSSR count). The standard InChI is InChI=1S/C13H27NO2/c1-12(2,3)8-7-9-16-11(15)10(14)13(4,5)6/h10H,7-9,14H2,1-6H3/t10-/m0/s1. The lowest BCUT2D eigenvalue weighted by Gasteiger charge is -2.25. The molecule has 1 atom stereocenters.